The Balaban J connectivity index is 0.000000461. The van der Waals surface area contributed by atoms with Crippen LogP contribution in [0.15, 0.2) is 42.5 Å². The predicted molar refractivity (Wildman–Crippen MR) is 61.8 cm³/mol. The number of hydrogen-bond donors (Lipinski definition) is 0. The highest BCUT2D eigenvalue weighted by Crippen LogP contribution is 2.19. The minimum absolute atomic E-state index is 0.911. The first-order valence-corrected chi connectivity index (χ1v) is 4.93. The lowest BCUT2D eigenvalue weighted by Crippen LogP contribution is -1.81. The van der Waals surface area contributed by atoms with E-state index in [1.165, 1.54) is 10.8 Å². The molecule has 1 heteroatoms. The van der Waals surface area contributed by atoms with Crippen LogP contribution in [0.2, 0.25) is 0 Å². The quantitative estimate of drug-likeness (QED) is 0.660. The van der Waals surface area contributed by atoms with Crippen LogP contribution < -0.4 is 4.74 Å². The summed E-state index contributed by atoms with van der Waals surface area (Å²) in [6.07, 6.45) is 0. The minimum atomic E-state index is 0.911. The highest BCUT2D eigenvalue weighted by atomic mass is 16.5. The van der Waals surface area contributed by atoms with E-state index in [1.807, 2.05) is 38.1 Å². The molecule has 74 valence electrons. The summed E-state index contributed by atoms with van der Waals surface area (Å²) in [5, 5.41) is 2.47. The molecule has 2 aromatic carbocycles. The van der Waals surface area contributed by atoms with E-state index in [0.29, 0.717) is 0 Å². The van der Waals surface area contributed by atoms with Gasteiger partial charge in [0.25, 0.3) is 0 Å². The van der Waals surface area contributed by atoms with Gasteiger partial charge < -0.3 is 4.74 Å². The highest BCUT2D eigenvalue weighted by molar-refractivity contribution is 5.83. The molecule has 0 radical (unpaired) electrons. The second-order valence-electron chi connectivity index (χ2n) is 2.71. The van der Waals surface area contributed by atoms with Crippen LogP contribution in [0.4, 0.5) is 0 Å². The molecule has 0 atom stereocenters. The van der Waals surface area contributed by atoms with E-state index < -0.39 is 0 Å². The van der Waals surface area contributed by atoms with Gasteiger partial charge in [-0.05, 0) is 22.9 Å². The van der Waals surface area contributed by atoms with Crippen molar-refractivity contribution in [3.05, 3.63) is 42.5 Å². The van der Waals surface area contributed by atoms with E-state index in [2.05, 4.69) is 18.2 Å². The van der Waals surface area contributed by atoms with E-state index in [-0.39, 0.29) is 0 Å². The summed E-state index contributed by atoms with van der Waals surface area (Å²) in [6, 6.07) is 14.3. The molecule has 0 aromatic heterocycles. The molecule has 0 saturated heterocycles. The summed E-state index contributed by atoms with van der Waals surface area (Å²) < 4.78 is 5.12. The predicted octanol–water partition coefficient (Wildman–Crippen LogP) is 3.87. The molecular weight excluding hydrogens is 172 g/mol. The number of rotatable bonds is 1. The van der Waals surface area contributed by atoms with Gasteiger partial charge in [0.2, 0.25) is 0 Å². The van der Waals surface area contributed by atoms with Gasteiger partial charge in [-0.3, -0.25) is 0 Å². The maximum Gasteiger partial charge on any atom is 0.119 e. The Morgan fingerprint density at radius 3 is 2.14 bits per heavy atom. The molecule has 2 rings (SSSR count). The summed E-state index contributed by atoms with van der Waals surface area (Å²) in [4.78, 5) is 0. The smallest absolute Gasteiger partial charge is 0.119 e. The molecule has 1 nitrogen and oxygen atoms in total. The third-order valence-electron chi connectivity index (χ3n) is 1.96. The van der Waals surface area contributed by atoms with Crippen molar-refractivity contribution in [2.24, 2.45) is 0 Å². The van der Waals surface area contributed by atoms with Crippen LogP contribution in [0.5, 0.6) is 5.75 Å². The normalized spacial score (nSPS) is 9.07. The molecule has 0 heterocycles. The van der Waals surface area contributed by atoms with Crippen LogP contribution in [0.3, 0.4) is 0 Å². The first kappa shape index (κ1) is 10.6. The number of ether oxygens (including phenoxy) is 1. The van der Waals surface area contributed by atoms with Crippen molar-refractivity contribution in [1.82, 2.24) is 0 Å². The zero-order valence-corrected chi connectivity index (χ0v) is 8.95. The fourth-order valence-electron chi connectivity index (χ4n) is 1.29. The topological polar surface area (TPSA) is 9.23 Å². The summed E-state index contributed by atoms with van der Waals surface area (Å²) in [5.74, 6) is 0.911. The largest absolute Gasteiger partial charge is 0.497 e. The van der Waals surface area contributed by atoms with E-state index in [0.717, 1.165) is 5.75 Å². The van der Waals surface area contributed by atoms with Gasteiger partial charge in [0, 0.05) is 0 Å². The van der Waals surface area contributed by atoms with Crippen LogP contribution in [0.1, 0.15) is 13.8 Å². The van der Waals surface area contributed by atoms with Crippen LogP contribution in [-0.4, -0.2) is 7.11 Å². The molecule has 0 spiro atoms. The second kappa shape index (κ2) is 5.28. The molecule has 0 aliphatic heterocycles. The molecule has 0 aliphatic rings. The van der Waals surface area contributed by atoms with Crippen molar-refractivity contribution in [2.45, 2.75) is 13.8 Å². The first-order chi connectivity index (χ1) is 6.90. The fraction of sp³-hybridized carbons (Fsp3) is 0.231. The Bertz CT molecular complexity index is 393. The van der Waals surface area contributed by atoms with Gasteiger partial charge in [-0.1, -0.05) is 44.2 Å². The summed E-state index contributed by atoms with van der Waals surface area (Å²) in [7, 11) is 1.68. The monoisotopic (exact) mass is 188 g/mol. The lowest BCUT2D eigenvalue weighted by atomic mass is 10.1. The average molecular weight is 188 g/mol. The Hall–Kier alpha value is -1.50. The number of fused-ring (bicyclic) bond motifs is 1. The zero-order chi connectivity index (χ0) is 10.4. The molecule has 0 amide bonds. The van der Waals surface area contributed by atoms with Crippen LogP contribution >= 0.6 is 0 Å². The van der Waals surface area contributed by atoms with Crippen molar-refractivity contribution in [3.63, 3.8) is 0 Å². The van der Waals surface area contributed by atoms with Crippen molar-refractivity contribution in [3.8, 4) is 5.75 Å². The maximum absolute atomic E-state index is 5.12. The van der Waals surface area contributed by atoms with Crippen molar-refractivity contribution < 1.29 is 4.74 Å². The summed E-state index contributed by atoms with van der Waals surface area (Å²) in [5.41, 5.74) is 0. The molecule has 0 bridgehead atoms. The van der Waals surface area contributed by atoms with Crippen molar-refractivity contribution in [2.75, 3.05) is 7.11 Å². The number of benzene rings is 2. The highest BCUT2D eigenvalue weighted by Gasteiger charge is 1.93. The van der Waals surface area contributed by atoms with Gasteiger partial charge >= 0.3 is 0 Å². The SMILES string of the molecule is CC.COc1ccc2ccccc2c1. The van der Waals surface area contributed by atoms with E-state index in [1.54, 1.807) is 7.11 Å². The van der Waals surface area contributed by atoms with Gasteiger partial charge in [0.1, 0.15) is 5.75 Å². The lowest BCUT2D eigenvalue weighted by molar-refractivity contribution is 0.415. The Labute approximate surface area is 85.3 Å². The maximum atomic E-state index is 5.12. The van der Waals surface area contributed by atoms with Crippen LogP contribution in [-0.2, 0) is 0 Å². The molecule has 0 saturated carbocycles. The molecule has 0 fully saturated rings. The van der Waals surface area contributed by atoms with Gasteiger partial charge in [0.15, 0.2) is 0 Å². The minimum Gasteiger partial charge on any atom is -0.497 e. The Kier molecular flexibility index (Phi) is 3.99. The fourth-order valence-corrected chi connectivity index (χ4v) is 1.29. The van der Waals surface area contributed by atoms with Gasteiger partial charge in [0.05, 0.1) is 7.11 Å². The molecule has 14 heavy (non-hydrogen) atoms. The standard InChI is InChI=1S/C11H10O.C2H6/c1-12-11-7-6-9-4-2-3-5-10(9)8-11;1-2/h2-8H,1H3;1-2H3. The summed E-state index contributed by atoms with van der Waals surface area (Å²) >= 11 is 0. The molecule has 0 unspecified atom stereocenters. The van der Waals surface area contributed by atoms with E-state index in [4.69, 9.17) is 4.74 Å². The van der Waals surface area contributed by atoms with Gasteiger partial charge in [-0.2, -0.15) is 0 Å². The molecule has 0 N–H and O–H groups in total. The molecular formula is C13H16O. The third-order valence-corrected chi connectivity index (χ3v) is 1.96. The van der Waals surface area contributed by atoms with E-state index in [9.17, 15) is 0 Å². The second-order valence-corrected chi connectivity index (χ2v) is 2.71. The van der Waals surface area contributed by atoms with Gasteiger partial charge in [-0.25, -0.2) is 0 Å². The van der Waals surface area contributed by atoms with Crippen molar-refractivity contribution >= 4 is 10.8 Å². The third kappa shape index (κ3) is 2.25. The molecule has 2 aromatic rings. The summed E-state index contributed by atoms with van der Waals surface area (Å²) in [6.45, 7) is 4.00. The van der Waals surface area contributed by atoms with E-state index >= 15 is 0 Å². The van der Waals surface area contributed by atoms with Crippen LogP contribution in [0.25, 0.3) is 10.8 Å². The lowest BCUT2D eigenvalue weighted by Gasteiger charge is -2.00. The Morgan fingerprint density at radius 2 is 1.50 bits per heavy atom. The van der Waals surface area contributed by atoms with Crippen LogP contribution in [0, 0.1) is 0 Å². The Morgan fingerprint density at radius 1 is 0.857 bits per heavy atom. The number of hydrogen-bond acceptors (Lipinski definition) is 1. The van der Waals surface area contributed by atoms with Gasteiger partial charge in [-0.15, -0.1) is 0 Å². The van der Waals surface area contributed by atoms with Crippen molar-refractivity contribution in [1.29, 1.82) is 0 Å². The zero-order valence-electron chi connectivity index (χ0n) is 8.95. The average Bonchev–Trinajstić information content (AvgIpc) is 2.31. The first-order valence-electron chi connectivity index (χ1n) is 4.93. The number of methoxy groups -OCH3 is 1. The molecule has 0 aliphatic carbocycles.